The maximum absolute atomic E-state index is 10.6. The number of quaternary nitrogens is 1. The zero-order valence-corrected chi connectivity index (χ0v) is 18.0. The molecule has 7 heteroatoms. The molecule has 0 bridgehead atoms. The topological polar surface area (TPSA) is 68.7 Å². The lowest BCUT2D eigenvalue weighted by Gasteiger charge is -2.22. The summed E-state index contributed by atoms with van der Waals surface area (Å²) in [5.41, 5.74) is 8.70. The van der Waals surface area contributed by atoms with E-state index in [9.17, 15) is 5.11 Å². The van der Waals surface area contributed by atoms with Crippen LogP contribution < -0.4 is 19.9 Å². The average molecular weight is 431 g/mol. The normalized spacial score (nSPS) is 16.1. The van der Waals surface area contributed by atoms with Crippen LogP contribution in [0.5, 0.6) is 5.75 Å². The molecule has 1 saturated heterocycles. The largest absolute Gasteiger partial charge is 0.491 e. The van der Waals surface area contributed by atoms with Crippen LogP contribution in [-0.4, -0.2) is 42.0 Å². The molecule has 0 aliphatic carbocycles. The van der Waals surface area contributed by atoms with E-state index in [-0.39, 0.29) is 6.61 Å². The van der Waals surface area contributed by atoms with Gasteiger partial charge in [0.2, 0.25) is 0 Å². The van der Waals surface area contributed by atoms with Crippen LogP contribution in [0, 0.1) is 0 Å². The van der Waals surface area contributed by atoms with Crippen LogP contribution in [0.3, 0.4) is 0 Å². The highest BCUT2D eigenvalue weighted by Crippen LogP contribution is 2.17. The fourth-order valence-electron chi connectivity index (χ4n) is 4.30. The number of nitrogens with zero attached hydrogens (tertiary/aromatic N) is 2. The molecule has 1 aliphatic rings. The van der Waals surface area contributed by atoms with E-state index in [2.05, 4.69) is 16.7 Å². The molecule has 0 radical (unpaired) electrons. The van der Waals surface area contributed by atoms with Crippen LogP contribution in [-0.2, 0) is 13.1 Å². The van der Waals surface area contributed by atoms with E-state index in [1.54, 1.807) is 29.2 Å². The Labute approximate surface area is 182 Å². The molecule has 6 nitrogen and oxygen atoms in total. The van der Waals surface area contributed by atoms with Gasteiger partial charge in [-0.15, -0.1) is 0 Å². The smallest absolute Gasteiger partial charge is 0.356 e. The van der Waals surface area contributed by atoms with E-state index in [4.69, 9.17) is 22.1 Å². The summed E-state index contributed by atoms with van der Waals surface area (Å²) in [5, 5.41) is 11.3. The number of rotatable bonds is 8. The molecule has 1 atom stereocenters. The summed E-state index contributed by atoms with van der Waals surface area (Å²) >= 11 is 5.91. The van der Waals surface area contributed by atoms with Crippen LogP contribution in [0.2, 0.25) is 5.02 Å². The first-order valence-corrected chi connectivity index (χ1v) is 11.2. The van der Waals surface area contributed by atoms with E-state index >= 15 is 0 Å². The Bertz CT molecular complexity index is 967. The maximum Gasteiger partial charge on any atom is 0.356 e. The zero-order chi connectivity index (χ0) is 20.9. The lowest BCUT2D eigenvalue weighted by molar-refractivity contribution is -0.905. The van der Waals surface area contributed by atoms with Crippen molar-refractivity contribution in [1.82, 2.24) is 4.57 Å². The van der Waals surface area contributed by atoms with E-state index < -0.39 is 6.10 Å². The van der Waals surface area contributed by atoms with Crippen molar-refractivity contribution < 1.29 is 19.3 Å². The third-order valence-electron chi connectivity index (χ3n) is 5.92. The molecular formula is C23H31ClN4O2+2. The number of aromatic nitrogens is 2. The van der Waals surface area contributed by atoms with Crippen molar-refractivity contribution >= 4 is 28.6 Å². The van der Waals surface area contributed by atoms with Gasteiger partial charge in [-0.2, -0.15) is 0 Å². The van der Waals surface area contributed by atoms with Crippen molar-refractivity contribution in [3.8, 4) is 5.75 Å². The summed E-state index contributed by atoms with van der Waals surface area (Å²) < 4.78 is 9.89. The fourth-order valence-corrected chi connectivity index (χ4v) is 4.42. The third-order valence-corrected chi connectivity index (χ3v) is 6.17. The molecule has 160 valence electrons. The van der Waals surface area contributed by atoms with Crippen molar-refractivity contribution in [2.75, 3.05) is 32.0 Å². The molecule has 1 aliphatic heterocycles. The molecule has 0 amide bonds. The van der Waals surface area contributed by atoms with Gasteiger partial charge in [-0.3, -0.25) is 5.73 Å². The van der Waals surface area contributed by atoms with Gasteiger partial charge < -0.3 is 14.7 Å². The van der Waals surface area contributed by atoms with Crippen LogP contribution in [0.15, 0.2) is 48.5 Å². The molecule has 0 spiro atoms. The average Bonchev–Trinajstić information content (AvgIpc) is 3.03. The Morgan fingerprint density at radius 2 is 1.83 bits per heavy atom. The number of imidazole rings is 1. The van der Waals surface area contributed by atoms with Crippen molar-refractivity contribution in [3.05, 3.63) is 53.6 Å². The summed E-state index contributed by atoms with van der Waals surface area (Å²) in [4.78, 5) is 1.65. The molecule has 3 aromatic rings. The molecule has 1 fully saturated rings. The van der Waals surface area contributed by atoms with Gasteiger partial charge in [0.25, 0.3) is 0 Å². The number of nitrogens with one attached hydrogen (secondary N) is 1. The summed E-state index contributed by atoms with van der Waals surface area (Å²) in [6, 6.07) is 15.3. The SMILES string of the molecule is Nc1n(CC[NH+]2CCCCC2)c2ccccc2[n+]1C[C@H](O)COc1ccc(Cl)cc1. The highest BCUT2D eigenvalue weighted by atomic mass is 35.5. The fraction of sp³-hybridized carbons (Fsp3) is 0.435. The molecule has 1 aromatic heterocycles. The molecule has 30 heavy (non-hydrogen) atoms. The molecule has 4 N–H and O–H groups in total. The van der Waals surface area contributed by atoms with Crippen molar-refractivity contribution in [2.45, 2.75) is 38.5 Å². The van der Waals surface area contributed by atoms with Crippen molar-refractivity contribution in [1.29, 1.82) is 0 Å². The third kappa shape index (κ3) is 4.89. The first-order valence-electron chi connectivity index (χ1n) is 10.8. The highest BCUT2D eigenvalue weighted by molar-refractivity contribution is 6.30. The standard InChI is InChI=1S/C23H29ClN4O2/c24-18-8-10-20(11-9-18)30-17-19(29)16-28-22-7-3-2-6-21(22)27(23(28)25)15-14-26-12-4-1-5-13-26/h2-3,6-11,19,25,29H,1,4-5,12-17H2/p+2/t19-/m0/s1. The quantitative estimate of drug-likeness (QED) is 0.476. The lowest BCUT2D eigenvalue weighted by Crippen LogP contribution is -3.13. The number of aliphatic hydroxyl groups excluding tert-OH is 1. The van der Waals surface area contributed by atoms with Crippen molar-refractivity contribution in [2.24, 2.45) is 0 Å². The van der Waals surface area contributed by atoms with E-state index in [1.165, 1.54) is 32.4 Å². The second-order valence-corrected chi connectivity index (χ2v) is 8.53. The Hall–Kier alpha value is -2.28. The zero-order valence-electron chi connectivity index (χ0n) is 17.3. The van der Waals surface area contributed by atoms with E-state index in [0.717, 1.165) is 24.1 Å². The minimum atomic E-state index is -0.681. The van der Waals surface area contributed by atoms with E-state index in [0.29, 0.717) is 23.3 Å². The number of hydrogen-bond donors (Lipinski definition) is 3. The number of benzene rings is 2. The van der Waals surface area contributed by atoms with Gasteiger partial charge in [-0.05, 0) is 55.7 Å². The van der Waals surface area contributed by atoms with Crippen molar-refractivity contribution in [3.63, 3.8) is 0 Å². The first kappa shape index (κ1) is 21.0. The second kappa shape index (κ2) is 9.69. The highest BCUT2D eigenvalue weighted by Gasteiger charge is 2.24. The first-order chi connectivity index (χ1) is 14.6. The summed E-state index contributed by atoms with van der Waals surface area (Å²) in [5.74, 6) is 1.36. The van der Waals surface area contributed by atoms with Crippen LogP contribution >= 0.6 is 11.6 Å². The number of aliphatic hydroxyl groups is 1. The Kier molecular flexibility index (Phi) is 6.77. The molecule has 0 saturated carbocycles. The predicted molar refractivity (Wildman–Crippen MR) is 119 cm³/mol. The summed E-state index contributed by atoms with van der Waals surface area (Å²) in [7, 11) is 0. The number of anilines is 1. The maximum atomic E-state index is 10.6. The Balaban J connectivity index is 1.46. The van der Waals surface area contributed by atoms with Crippen LogP contribution in [0.4, 0.5) is 5.95 Å². The van der Waals surface area contributed by atoms with Gasteiger partial charge in [0.1, 0.15) is 49.1 Å². The molecule has 0 unspecified atom stereocenters. The van der Waals surface area contributed by atoms with Gasteiger partial charge >= 0.3 is 5.95 Å². The number of fused-ring (bicyclic) bond motifs is 1. The van der Waals surface area contributed by atoms with Gasteiger partial charge in [0.15, 0.2) is 0 Å². The predicted octanol–water partition coefficient (Wildman–Crippen LogP) is 1.67. The molecule has 2 heterocycles. The summed E-state index contributed by atoms with van der Waals surface area (Å²) in [6.07, 6.45) is 3.31. The van der Waals surface area contributed by atoms with Gasteiger partial charge in [-0.1, -0.05) is 23.7 Å². The Morgan fingerprint density at radius 3 is 2.60 bits per heavy atom. The summed E-state index contributed by atoms with van der Waals surface area (Å²) in [6.45, 7) is 5.02. The number of likely N-dealkylation sites (tertiary alicyclic amines) is 1. The molecular weight excluding hydrogens is 400 g/mol. The van der Waals surface area contributed by atoms with Gasteiger partial charge in [0, 0.05) is 5.02 Å². The Morgan fingerprint density at radius 1 is 1.10 bits per heavy atom. The minimum absolute atomic E-state index is 0.186. The van der Waals surface area contributed by atoms with Crippen LogP contribution in [0.1, 0.15) is 19.3 Å². The number of piperidine rings is 1. The van der Waals surface area contributed by atoms with E-state index in [1.807, 2.05) is 16.7 Å². The number of nitrogens with two attached hydrogens (primary N) is 1. The number of nitrogen functional groups attached to an aromatic ring is 1. The van der Waals surface area contributed by atoms with Gasteiger partial charge in [-0.25, -0.2) is 9.13 Å². The van der Waals surface area contributed by atoms with Gasteiger partial charge in [0.05, 0.1) is 13.1 Å². The second-order valence-electron chi connectivity index (χ2n) is 8.09. The van der Waals surface area contributed by atoms with Crippen LogP contribution in [0.25, 0.3) is 11.0 Å². The number of ether oxygens (including phenoxy) is 1. The molecule has 4 rings (SSSR count). The number of para-hydroxylation sites is 2. The number of halogens is 1. The molecule has 2 aromatic carbocycles. The monoisotopic (exact) mass is 430 g/mol. The lowest BCUT2D eigenvalue weighted by atomic mass is 10.1. The number of hydrogen-bond acceptors (Lipinski definition) is 3. The minimum Gasteiger partial charge on any atom is -0.491 e.